The van der Waals surface area contributed by atoms with Crippen LogP contribution in [0.1, 0.15) is 6.42 Å². The first-order valence-electron chi connectivity index (χ1n) is 4.59. The third kappa shape index (κ3) is 3.62. The lowest BCUT2D eigenvalue weighted by Crippen LogP contribution is -2.04. The molecule has 1 aromatic heterocycles. The number of ether oxygens (including phenoxy) is 2. The smallest absolute Gasteiger partial charge is 0.214 e. The molecule has 0 atom stereocenters. The Morgan fingerprint density at radius 1 is 1.43 bits per heavy atom. The average molecular weight is 196 g/mol. The van der Waals surface area contributed by atoms with Gasteiger partial charge in [0.1, 0.15) is 0 Å². The number of rotatable bonds is 6. The maximum absolute atomic E-state index is 5.01. The molecular formula is C10H16N2O2. The first-order valence-corrected chi connectivity index (χ1v) is 4.59. The van der Waals surface area contributed by atoms with Gasteiger partial charge in [-0.3, -0.25) is 0 Å². The van der Waals surface area contributed by atoms with Crippen LogP contribution >= 0.6 is 0 Å². The summed E-state index contributed by atoms with van der Waals surface area (Å²) in [7, 11) is 3.31. The molecule has 0 bridgehead atoms. The monoisotopic (exact) mass is 196 g/mol. The number of aromatic nitrogens is 1. The SMILES string of the molecule is COCCCNc1ccnc(OC)c1. The fourth-order valence-corrected chi connectivity index (χ4v) is 1.08. The molecular weight excluding hydrogens is 180 g/mol. The van der Waals surface area contributed by atoms with Gasteiger partial charge in [-0.15, -0.1) is 0 Å². The Morgan fingerprint density at radius 3 is 3.00 bits per heavy atom. The summed E-state index contributed by atoms with van der Waals surface area (Å²) in [4.78, 5) is 4.02. The summed E-state index contributed by atoms with van der Waals surface area (Å²) in [5.41, 5.74) is 1.02. The molecule has 4 heteroatoms. The number of pyridine rings is 1. The summed E-state index contributed by atoms with van der Waals surface area (Å²) in [5, 5.41) is 3.25. The molecule has 0 unspecified atom stereocenters. The minimum Gasteiger partial charge on any atom is -0.481 e. The molecule has 0 amide bonds. The minimum absolute atomic E-state index is 0.627. The van der Waals surface area contributed by atoms with Gasteiger partial charge < -0.3 is 14.8 Å². The zero-order valence-corrected chi connectivity index (χ0v) is 8.62. The Kier molecular flexibility index (Phi) is 4.78. The third-order valence-electron chi connectivity index (χ3n) is 1.80. The summed E-state index contributed by atoms with van der Waals surface area (Å²) in [5.74, 6) is 0.627. The van der Waals surface area contributed by atoms with E-state index in [0.29, 0.717) is 5.88 Å². The standard InChI is InChI=1S/C10H16N2O2/c1-13-7-3-5-11-9-4-6-12-10(8-9)14-2/h4,6,8H,3,5,7H2,1-2H3,(H,11,12). The topological polar surface area (TPSA) is 43.4 Å². The Bertz CT molecular complexity index is 266. The lowest BCUT2D eigenvalue weighted by Gasteiger charge is -2.06. The van der Waals surface area contributed by atoms with E-state index in [1.54, 1.807) is 20.4 Å². The van der Waals surface area contributed by atoms with Crippen molar-refractivity contribution in [1.82, 2.24) is 4.98 Å². The maximum Gasteiger partial charge on any atom is 0.214 e. The molecule has 1 N–H and O–H groups in total. The molecule has 14 heavy (non-hydrogen) atoms. The van der Waals surface area contributed by atoms with Crippen LogP contribution in [-0.4, -0.2) is 32.4 Å². The fourth-order valence-electron chi connectivity index (χ4n) is 1.08. The van der Waals surface area contributed by atoms with Crippen LogP contribution in [0.4, 0.5) is 5.69 Å². The van der Waals surface area contributed by atoms with E-state index >= 15 is 0 Å². The van der Waals surface area contributed by atoms with E-state index in [1.807, 2.05) is 12.1 Å². The van der Waals surface area contributed by atoms with Gasteiger partial charge in [-0.2, -0.15) is 0 Å². The molecule has 4 nitrogen and oxygen atoms in total. The summed E-state index contributed by atoms with van der Waals surface area (Å²) in [6.45, 7) is 1.66. The molecule has 0 fully saturated rings. The van der Waals surface area contributed by atoms with Gasteiger partial charge in [0.25, 0.3) is 0 Å². The van der Waals surface area contributed by atoms with Crippen molar-refractivity contribution in [3.05, 3.63) is 18.3 Å². The Morgan fingerprint density at radius 2 is 2.29 bits per heavy atom. The predicted molar refractivity (Wildman–Crippen MR) is 55.8 cm³/mol. The molecule has 0 aliphatic heterocycles. The number of anilines is 1. The van der Waals surface area contributed by atoms with Gasteiger partial charge in [-0.05, 0) is 12.5 Å². The minimum atomic E-state index is 0.627. The van der Waals surface area contributed by atoms with Crippen molar-refractivity contribution in [2.75, 3.05) is 32.7 Å². The fraction of sp³-hybridized carbons (Fsp3) is 0.500. The summed E-state index contributed by atoms with van der Waals surface area (Å²) < 4.78 is 9.95. The summed E-state index contributed by atoms with van der Waals surface area (Å²) in [6.07, 6.45) is 2.71. The average Bonchev–Trinajstić information content (AvgIpc) is 2.25. The van der Waals surface area contributed by atoms with E-state index in [1.165, 1.54) is 0 Å². The summed E-state index contributed by atoms with van der Waals surface area (Å²) in [6, 6.07) is 3.78. The highest BCUT2D eigenvalue weighted by molar-refractivity contribution is 5.44. The number of hydrogen-bond donors (Lipinski definition) is 1. The maximum atomic E-state index is 5.01. The Labute approximate surface area is 84.3 Å². The second-order valence-corrected chi connectivity index (χ2v) is 2.86. The van der Waals surface area contributed by atoms with Crippen LogP contribution in [0, 0.1) is 0 Å². The van der Waals surface area contributed by atoms with Gasteiger partial charge in [0.05, 0.1) is 7.11 Å². The van der Waals surface area contributed by atoms with E-state index in [2.05, 4.69) is 10.3 Å². The number of nitrogens with one attached hydrogen (secondary N) is 1. The van der Waals surface area contributed by atoms with Crippen molar-refractivity contribution >= 4 is 5.69 Å². The van der Waals surface area contributed by atoms with Crippen LogP contribution in [0.25, 0.3) is 0 Å². The van der Waals surface area contributed by atoms with Crippen LogP contribution in [0.2, 0.25) is 0 Å². The zero-order chi connectivity index (χ0) is 10.2. The van der Waals surface area contributed by atoms with Crippen molar-refractivity contribution in [3.63, 3.8) is 0 Å². The number of methoxy groups -OCH3 is 2. The Balaban J connectivity index is 2.34. The largest absolute Gasteiger partial charge is 0.481 e. The third-order valence-corrected chi connectivity index (χ3v) is 1.80. The molecule has 1 rings (SSSR count). The van der Waals surface area contributed by atoms with E-state index in [9.17, 15) is 0 Å². The zero-order valence-electron chi connectivity index (χ0n) is 8.62. The molecule has 0 aliphatic carbocycles. The van der Waals surface area contributed by atoms with Crippen LogP contribution in [0.15, 0.2) is 18.3 Å². The van der Waals surface area contributed by atoms with Gasteiger partial charge in [0.15, 0.2) is 0 Å². The van der Waals surface area contributed by atoms with Gasteiger partial charge in [-0.25, -0.2) is 4.98 Å². The van der Waals surface area contributed by atoms with Gasteiger partial charge in [0, 0.05) is 38.2 Å². The molecule has 0 spiro atoms. The van der Waals surface area contributed by atoms with Gasteiger partial charge in [-0.1, -0.05) is 0 Å². The molecule has 78 valence electrons. The van der Waals surface area contributed by atoms with Crippen molar-refractivity contribution in [2.45, 2.75) is 6.42 Å². The highest BCUT2D eigenvalue weighted by Gasteiger charge is 1.95. The second kappa shape index (κ2) is 6.21. The normalized spacial score (nSPS) is 9.86. The van der Waals surface area contributed by atoms with Crippen LogP contribution in [0.3, 0.4) is 0 Å². The van der Waals surface area contributed by atoms with Crippen LogP contribution < -0.4 is 10.1 Å². The first-order chi connectivity index (χ1) is 6.86. The number of nitrogens with zero attached hydrogens (tertiary/aromatic N) is 1. The van der Waals surface area contributed by atoms with Gasteiger partial charge >= 0.3 is 0 Å². The highest BCUT2D eigenvalue weighted by atomic mass is 16.5. The predicted octanol–water partition coefficient (Wildman–Crippen LogP) is 1.54. The van der Waals surface area contributed by atoms with Crippen LogP contribution in [0.5, 0.6) is 5.88 Å². The summed E-state index contributed by atoms with van der Waals surface area (Å²) >= 11 is 0. The molecule has 0 aromatic carbocycles. The van der Waals surface area contributed by atoms with E-state index in [0.717, 1.165) is 25.3 Å². The molecule has 0 radical (unpaired) electrons. The highest BCUT2D eigenvalue weighted by Crippen LogP contribution is 2.12. The Hall–Kier alpha value is -1.29. The van der Waals surface area contributed by atoms with Crippen molar-refractivity contribution < 1.29 is 9.47 Å². The van der Waals surface area contributed by atoms with Gasteiger partial charge in [0.2, 0.25) is 5.88 Å². The molecule has 0 saturated heterocycles. The van der Waals surface area contributed by atoms with E-state index in [4.69, 9.17) is 9.47 Å². The van der Waals surface area contributed by atoms with Crippen molar-refractivity contribution in [3.8, 4) is 5.88 Å². The lowest BCUT2D eigenvalue weighted by molar-refractivity contribution is 0.198. The quantitative estimate of drug-likeness (QED) is 0.701. The van der Waals surface area contributed by atoms with E-state index in [-0.39, 0.29) is 0 Å². The van der Waals surface area contributed by atoms with E-state index < -0.39 is 0 Å². The van der Waals surface area contributed by atoms with Crippen molar-refractivity contribution in [2.24, 2.45) is 0 Å². The molecule has 1 heterocycles. The molecule has 1 aromatic rings. The molecule has 0 saturated carbocycles. The van der Waals surface area contributed by atoms with Crippen molar-refractivity contribution in [1.29, 1.82) is 0 Å². The second-order valence-electron chi connectivity index (χ2n) is 2.86. The van der Waals surface area contributed by atoms with Crippen LogP contribution in [-0.2, 0) is 4.74 Å². The lowest BCUT2D eigenvalue weighted by atomic mass is 10.3. The number of hydrogen-bond acceptors (Lipinski definition) is 4. The molecule has 0 aliphatic rings. The first kappa shape index (κ1) is 10.8.